The number of hydrogen-bond donors (Lipinski definition) is 1. The van der Waals surface area contributed by atoms with E-state index in [-0.39, 0.29) is 17.8 Å². The van der Waals surface area contributed by atoms with Gasteiger partial charge in [-0.05, 0) is 37.6 Å². The summed E-state index contributed by atoms with van der Waals surface area (Å²) in [5.74, 6) is 0.383. The van der Waals surface area contributed by atoms with Crippen LogP contribution in [0, 0.1) is 5.82 Å². The third kappa shape index (κ3) is 5.38. The summed E-state index contributed by atoms with van der Waals surface area (Å²) in [4.78, 5) is 15.1. The summed E-state index contributed by atoms with van der Waals surface area (Å²) in [5.41, 5.74) is 2.36. The summed E-state index contributed by atoms with van der Waals surface area (Å²) in [6.45, 7) is 13.0. The van der Waals surface area contributed by atoms with Crippen molar-refractivity contribution in [1.82, 2.24) is 5.32 Å². The number of ether oxygens (including phenoxy) is 2. The van der Waals surface area contributed by atoms with Crippen LogP contribution in [0.3, 0.4) is 0 Å². The number of allylic oxidation sites excluding steroid dienone is 1. The maximum Gasteiger partial charge on any atom is 0.217 e. The molecule has 2 fully saturated rings. The summed E-state index contributed by atoms with van der Waals surface area (Å²) in [7, 11) is 0. The molecule has 1 unspecified atom stereocenters. The highest BCUT2D eigenvalue weighted by molar-refractivity contribution is 5.72. The van der Waals surface area contributed by atoms with Crippen molar-refractivity contribution in [3.63, 3.8) is 0 Å². The van der Waals surface area contributed by atoms with Gasteiger partial charge in [0.2, 0.25) is 5.91 Å². The number of nitrogens with zero attached hydrogens (tertiary/aromatic N) is 2. The van der Waals surface area contributed by atoms with Crippen LogP contribution < -0.4 is 15.1 Å². The second kappa shape index (κ2) is 10.3. The van der Waals surface area contributed by atoms with E-state index in [9.17, 15) is 9.18 Å². The van der Waals surface area contributed by atoms with Crippen molar-refractivity contribution in [1.29, 1.82) is 0 Å². The van der Waals surface area contributed by atoms with Crippen LogP contribution in [0.1, 0.15) is 34.6 Å². The van der Waals surface area contributed by atoms with Gasteiger partial charge in [-0.3, -0.25) is 4.79 Å². The fourth-order valence-corrected chi connectivity index (χ4v) is 3.24. The molecule has 0 spiro atoms. The molecule has 7 heteroatoms. The molecule has 0 aromatic heterocycles. The molecule has 2 heterocycles. The Morgan fingerprint density at radius 3 is 2.46 bits per heavy atom. The lowest BCUT2D eigenvalue weighted by molar-refractivity contribution is -0.119. The highest BCUT2D eigenvalue weighted by atomic mass is 19.1. The van der Waals surface area contributed by atoms with Gasteiger partial charge < -0.3 is 24.6 Å². The number of amides is 1. The van der Waals surface area contributed by atoms with Crippen LogP contribution in [0.5, 0.6) is 0 Å². The van der Waals surface area contributed by atoms with E-state index in [1.54, 1.807) is 6.07 Å². The minimum Gasteiger partial charge on any atom is -0.472 e. The van der Waals surface area contributed by atoms with Gasteiger partial charge in [0.05, 0.1) is 32.0 Å². The summed E-state index contributed by atoms with van der Waals surface area (Å²) in [6.07, 6.45) is -0.161. The summed E-state index contributed by atoms with van der Waals surface area (Å²) in [5, 5.41) is 2.78. The maximum atomic E-state index is 14.7. The Morgan fingerprint density at radius 1 is 1.21 bits per heavy atom. The van der Waals surface area contributed by atoms with Crippen molar-refractivity contribution >= 4 is 17.3 Å². The molecule has 2 saturated heterocycles. The summed E-state index contributed by atoms with van der Waals surface area (Å²) >= 11 is 0. The van der Waals surface area contributed by atoms with Crippen LogP contribution in [0.4, 0.5) is 15.8 Å². The third-order valence-corrected chi connectivity index (χ3v) is 4.51. The first-order chi connectivity index (χ1) is 13.5. The Balaban J connectivity index is 0.00000136. The van der Waals surface area contributed by atoms with E-state index in [1.165, 1.54) is 6.92 Å². The van der Waals surface area contributed by atoms with E-state index in [2.05, 4.69) is 5.32 Å². The molecule has 0 saturated carbocycles. The molecule has 1 atom stereocenters. The lowest BCUT2D eigenvalue weighted by Gasteiger charge is -2.29. The Labute approximate surface area is 167 Å². The first-order valence-electron chi connectivity index (χ1n) is 9.94. The monoisotopic (exact) mass is 393 g/mol. The predicted octanol–water partition coefficient (Wildman–Crippen LogP) is 3.28. The van der Waals surface area contributed by atoms with E-state index >= 15 is 0 Å². The zero-order valence-electron chi connectivity index (χ0n) is 17.5. The van der Waals surface area contributed by atoms with E-state index in [0.29, 0.717) is 45.1 Å². The Kier molecular flexibility index (Phi) is 8.11. The van der Waals surface area contributed by atoms with E-state index in [4.69, 9.17) is 9.47 Å². The van der Waals surface area contributed by atoms with Crippen molar-refractivity contribution in [2.45, 2.75) is 40.7 Å². The van der Waals surface area contributed by atoms with Crippen LogP contribution in [0.2, 0.25) is 0 Å². The van der Waals surface area contributed by atoms with E-state index in [0.717, 1.165) is 17.1 Å². The van der Waals surface area contributed by atoms with Crippen molar-refractivity contribution in [2.75, 3.05) is 49.2 Å². The number of anilines is 2. The predicted molar refractivity (Wildman–Crippen MR) is 110 cm³/mol. The van der Waals surface area contributed by atoms with Gasteiger partial charge in [-0.2, -0.15) is 0 Å². The summed E-state index contributed by atoms with van der Waals surface area (Å²) in [6, 6.07) is 5.29. The van der Waals surface area contributed by atoms with Crippen molar-refractivity contribution in [3.05, 3.63) is 35.5 Å². The van der Waals surface area contributed by atoms with Gasteiger partial charge in [0.25, 0.3) is 0 Å². The van der Waals surface area contributed by atoms with Gasteiger partial charge >= 0.3 is 0 Å². The Bertz CT molecular complexity index is 698. The maximum absolute atomic E-state index is 14.7. The van der Waals surface area contributed by atoms with Gasteiger partial charge in [-0.1, -0.05) is 13.8 Å². The summed E-state index contributed by atoms with van der Waals surface area (Å²) < 4.78 is 26.0. The Morgan fingerprint density at radius 2 is 1.89 bits per heavy atom. The van der Waals surface area contributed by atoms with Crippen molar-refractivity contribution in [2.24, 2.45) is 0 Å². The molecule has 6 nitrogen and oxygen atoms in total. The van der Waals surface area contributed by atoms with E-state index in [1.807, 2.05) is 49.6 Å². The number of carbonyl (C=O) groups excluding carboxylic acids is 1. The first-order valence-corrected chi connectivity index (χ1v) is 9.94. The molecule has 2 aliphatic rings. The van der Waals surface area contributed by atoms with Crippen LogP contribution in [-0.2, 0) is 14.3 Å². The molecule has 2 aliphatic heterocycles. The smallest absolute Gasteiger partial charge is 0.217 e. The molecule has 1 N–H and O–H groups in total. The van der Waals surface area contributed by atoms with Crippen LogP contribution in [0.25, 0.3) is 0 Å². The van der Waals surface area contributed by atoms with Crippen LogP contribution in [0.15, 0.2) is 29.7 Å². The number of halogens is 1. The largest absolute Gasteiger partial charge is 0.472 e. The van der Waals surface area contributed by atoms with E-state index < -0.39 is 0 Å². The number of morpholine rings is 1. The highest BCUT2D eigenvalue weighted by Crippen LogP contribution is 2.32. The molecule has 0 bridgehead atoms. The number of nitrogens with one attached hydrogen (secondary N) is 1. The number of rotatable bonds is 4. The quantitative estimate of drug-likeness (QED) is 0.851. The standard InChI is InChI=1S/C19H26FN3O3.C2H6/c1-13(2)19-23(12-16(26-19)11-21-14(3)24)15-4-5-18(17(20)10-15)22-6-8-25-9-7-22;1-2/h4-5,10,16H,6-9,11-12H2,1-3H3,(H,21,24);1-2H3. The van der Waals surface area contributed by atoms with Crippen molar-refractivity contribution in [3.8, 4) is 0 Å². The Hall–Kier alpha value is -2.28. The van der Waals surface area contributed by atoms with Gasteiger partial charge in [-0.25, -0.2) is 4.39 Å². The minimum absolute atomic E-state index is 0.0910. The third-order valence-electron chi connectivity index (χ3n) is 4.51. The molecule has 28 heavy (non-hydrogen) atoms. The lowest BCUT2D eigenvalue weighted by atomic mass is 10.2. The molecule has 3 rings (SSSR count). The van der Waals surface area contributed by atoms with Gasteiger partial charge in [0.1, 0.15) is 11.9 Å². The SMILES string of the molecule is CC.CC(=O)NCC1CN(c2ccc(N3CCOCC3)c(F)c2)C(=C(C)C)O1. The first kappa shape index (κ1) is 22.0. The molecule has 0 radical (unpaired) electrons. The van der Waals surface area contributed by atoms with Crippen LogP contribution in [-0.4, -0.2) is 51.4 Å². The molecular formula is C21H32FN3O3. The number of benzene rings is 1. The molecule has 156 valence electrons. The fraction of sp³-hybridized carbons (Fsp3) is 0.571. The van der Waals surface area contributed by atoms with Gasteiger partial charge in [0.15, 0.2) is 5.88 Å². The fourth-order valence-electron chi connectivity index (χ4n) is 3.24. The molecule has 1 amide bonds. The lowest BCUT2D eigenvalue weighted by Crippen LogP contribution is -2.36. The topological polar surface area (TPSA) is 54.0 Å². The van der Waals surface area contributed by atoms with Gasteiger partial charge in [0, 0.05) is 25.7 Å². The molecule has 1 aromatic carbocycles. The average Bonchev–Trinajstić information content (AvgIpc) is 3.13. The minimum atomic E-state index is -0.247. The zero-order chi connectivity index (χ0) is 20.7. The normalized spacial score (nSPS) is 18.9. The molecule has 0 aliphatic carbocycles. The molecular weight excluding hydrogens is 361 g/mol. The number of carbonyl (C=O) groups is 1. The second-order valence-corrected chi connectivity index (χ2v) is 6.83. The van der Waals surface area contributed by atoms with Gasteiger partial charge in [-0.15, -0.1) is 0 Å². The second-order valence-electron chi connectivity index (χ2n) is 6.83. The molecule has 1 aromatic rings. The van der Waals surface area contributed by atoms with Crippen LogP contribution >= 0.6 is 0 Å². The average molecular weight is 394 g/mol. The van der Waals surface area contributed by atoms with Crippen molar-refractivity contribution < 1.29 is 18.7 Å². The number of hydrogen-bond acceptors (Lipinski definition) is 5. The zero-order valence-corrected chi connectivity index (χ0v) is 17.5. The highest BCUT2D eigenvalue weighted by Gasteiger charge is 2.30.